The summed E-state index contributed by atoms with van der Waals surface area (Å²) < 4.78 is 5.08. The molecular formula is C17H19ClO2. The molecule has 0 aliphatic heterocycles. The molecule has 0 saturated carbocycles. The molecule has 0 aromatic heterocycles. The summed E-state index contributed by atoms with van der Waals surface area (Å²) >= 11 is 0. The van der Waals surface area contributed by atoms with Gasteiger partial charge >= 0.3 is 5.97 Å². The Balaban J connectivity index is 0.00000200. The molecule has 0 saturated heterocycles. The van der Waals surface area contributed by atoms with E-state index < -0.39 is 0 Å². The lowest BCUT2D eigenvalue weighted by atomic mass is 9.89. The number of ether oxygens (including phenoxy) is 1. The molecule has 0 N–H and O–H groups in total. The van der Waals surface area contributed by atoms with E-state index in [0.717, 1.165) is 6.42 Å². The van der Waals surface area contributed by atoms with Crippen molar-refractivity contribution < 1.29 is 9.53 Å². The van der Waals surface area contributed by atoms with E-state index in [4.69, 9.17) is 4.74 Å². The van der Waals surface area contributed by atoms with E-state index >= 15 is 0 Å². The molecule has 0 spiro atoms. The molecule has 0 amide bonds. The molecule has 20 heavy (non-hydrogen) atoms. The third-order valence-electron chi connectivity index (χ3n) is 3.12. The van der Waals surface area contributed by atoms with Gasteiger partial charge in [-0.2, -0.15) is 0 Å². The van der Waals surface area contributed by atoms with E-state index in [1.807, 2.05) is 36.4 Å². The summed E-state index contributed by atoms with van der Waals surface area (Å²) in [5.41, 5.74) is 2.50. The smallest absolute Gasteiger partial charge is 0.302 e. The van der Waals surface area contributed by atoms with Gasteiger partial charge in [0.2, 0.25) is 0 Å². The highest BCUT2D eigenvalue weighted by molar-refractivity contribution is 5.85. The normalized spacial score (nSPS) is 9.90. The summed E-state index contributed by atoms with van der Waals surface area (Å²) in [7, 11) is 0. The zero-order valence-corrected chi connectivity index (χ0v) is 12.3. The number of esters is 1. The first kappa shape index (κ1) is 16.3. The zero-order chi connectivity index (χ0) is 13.5. The van der Waals surface area contributed by atoms with Crippen LogP contribution in [0.5, 0.6) is 0 Å². The van der Waals surface area contributed by atoms with Gasteiger partial charge in [0.1, 0.15) is 0 Å². The van der Waals surface area contributed by atoms with Gasteiger partial charge in [-0.25, -0.2) is 0 Å². The summed E-state index contributed by atoms with van der Waals surface area (Å²) in [6.45, 7) is 1.89. The monoisotopic (exact) mass is 290 g/mol. The molecule has 2 aromatic rings. The molecule has 0 atom stereocenters. The first-order valence-corrected chi connectivity index (χ1v) is 6.50. The lowest BCUT2D eigenvalue weighted by Crippen LogP contribution is -2.08. The van der Waals surface area contributed by atoms with Crippen molar-refractivity contribution >= 4 is 18.4 Å². The van der Waals surface area contributed by atoms with Crippen LogP contribution in [0.15, 0.2) is 60.7 Å². The Hall–Kier alpha value is -1.80. The summed E-state index contributed by atoms with van der Waals surface area (Å²) in [6.07, 6.45) is 0.799. The van der Waals surface area contributed by atoms with Crippen molar-refractivity contribution in [1.29, 1.82) is 0 Å². The Morgan fingerprint density at radius 2 is 1.40 bits per heavy atom. The summed E-state index contributed by atoms with van der Waals surface area (Å²) in [5, 5.41) is 0. The predicted octanol–water partition coefficient (Wildman–Crippen LogP) is 4.19. The second-order valence-corrected chi connectivity index (χ2v) is 4.50. The Bertz CT molecular complexity index is 472. The molecule has 0 fully saturated rings. The van der Waals surface area contributed by atoms with Gasteiger partial charge in [0.15, 0.2) is 0 Å². The van der Waals surface area contributed by atoms with Gasteiger partial charge in [0.05, 0.1) is 6.61 Å². The first-order valence-electron chi connectivity index (χ1n) is 6.50. The first-order chi connectivity index (χ1) is 9.27. The quantitative estimate of drug-likeness (QED) is 0.772. The molecule has 2 aromatic carbocycles. The van der Waals surface area contributed by atoms with Crippen LogP contribution >= 0.6 is 12.4 Å². The van der Waals surface area contributed by atoms with Gasteiger partial charge in [0, 0.05) is 12.8 Å². The zero-order valence-electron chi connectivity index (χ0n) is 11.5. The van der Waals surface area contributed by atoms with Crippen LogP contribution in [0.1, 0.15) is 30.4 Å². The van der Waals surface area contributed by atoms with Crippen LogP contribution in [0, 0.1) is 0 Å². The topological polar surface area (TPSA) is 26.3 Å². The molecule has 0 radical (unpaired) electrons. The molecular weight excluding hydrogens is 272 g/mol. The molecule has 0 aliphatic carbocycles. The Morgan fingerprint density at radius 3 is 1.80 bits per heavy atom. The second kappa shape index (κ2) is 8.39. The van der Waals surface area contributed by atoms with Crippen LogP contribution in [-0.4, -0.2) is 12.6 Å². The van der Waals surface area contributed by atoms with Crippen molar-refractivity contribution in [2.75, 3.05) is 6.61 Å². The molecule has 2 rings (SSSR count). The lowest BCUT2D eigenvalue weighted by Gasteiger charge is -2.17. The Kier molecular flexibility index (Phi) is 6.82. The maximum atomic E-state index is 10.9. The minimum Gasteiger partial charge on any atom is -0.466 e. The number of rotatable bonds is 5. The highest BCUT2D eigenvalue weighted by Crippen LogP contribution is 2.27. The fraction of sp³-hybridized carbons (Fsp3) is 0.235. The van der Waals surface area contributed by atoms with E-state index in [1.165, 1.54) is 18.1 Å². The number of carbonyl (C=O) groups excluding carboxylic acids is 1. The van der Waals surface area contributed by atoms with Crippen molar-refractivity contribution in [3.63, 3.8) is 0 Å². The average molecular weight is 291 g/mol. The lowest BCUT2D eigenvalue weighted by molar-refractivity contribution is -0.141. The highest BCUT2D eigenvalue weighted by Gasteiger charge is 2.13. The minimum atomic E-state index is -0.222. The average Bonchev–Trinajstić information content (AvgIpc) is 2.45. The van der Waals surface area contributed by atoms with E-state index in [1.54, 1.807) is 0 Å². The van der Waals surface area contributed by atoms with Crippen LogP contribution < -0.4 is 0 Å². The third-order valence-corrected chi connectivity index (χ3v) is 3.12. The molecule has 3 heteroatoms. The maximum absolute atomic E-state index is 10.9. The van der Waals surface area contributed by atoms with Crippen molar-refractivity contribution in [3.05, 3.63) is 71.8 Å². The Morgan fingerprint density at radius 1 is 0.950 bits per heavy atom. The molecule has 2 nitrogen and oxygen atoms in total. The minimum absolute atomic E-state index is 0. The van der Waals surface area contributed by atoms with Crippen LogP contribution in [0.2, 0.25) is 0 Å². The molecule has 0 heterocycles. The van der Waals surface area contributed by atoms with Crippen molar-refractivity contribution in [1.82, 2.24) is 0 Å². The molecule has 0 unspecified atom stereocenters. The summed E-state index contributed by atoms with van der Waals surface area (Å²) in [4.78, 5) is 10.9. The number of benzene rings is 2. The SMILES string of the molecule is CC(=O)OCCC(c1ccccc1)c1ccccc1.Cl. The van der Waals surface area contributed by atoms with Gasteiger partial charge in [0.25, 0.3) is 0 Å². The predicted molar refractivity (Wildman–Crippen MR) is 83.2 cm³/mol. The Labute approximate surface area is 126 Å². The van der Waals surface area contributed by atoms with Crippen molar-refractivity contribution in [3.8, 4) is 0 Å². The number of halogens is 1. The van der Waals surface area contributed by atoms with E-state index in [9.17, 15) is 4.79 Å². The largest absolute Gasteiger partial charge is 0.466 e. The second-order valence-electron chi connectivity index (χ2n) is 4.50. The number of carbonyl (C=O) groups is 1. The van der Waals surface area contributed by atoms with Gasteiger partial charge in [-0.3, -0.25) is 4.79 Å². The molecule has 0 aliphatic rings. The van der Waals surface area contributed by atoms with Gasteiger partial charge in [-0.15, -0.1) is 12.4 Å². The highest BCUT2D eigenvalue weighted by atomic mass is 35.5. The van der Waals surface area contributed by atoms with Gasteiger partial charge in [-0.1, -0.05) is 60.7 Å². The number of hydrogen-bond acceptors (Lipinski definition) is 2. The molecule has 0 bridgehead atoms. The van der Waals surface area contributed by atoms with Crippen LogP contribution in [-0.2, 0) is 9.53 Å². The fourth-order valence-electron chi connectivity index (χ4n) is 2.22. The van der Waals surface area contributed by atoms with Crippen LogP contribution in [0.25, 0.3) is 0 Å². The fourth-order valence-corrected chi connectivity index (χ4v) is 2.22. The van der Waals surface area contributed by atoms with Crippen molar-refractivity contribution in [2.45, 2.75) is 19.3 Å². The molecule has 106 valence electrons. The van der Waals surface area contributed by atoms with Crippen molar-refractivity contribution in [2.24, 2.45) is 0 Å². The van der Waals surface area contributed by atoms with Crippen LogP contribution in [0.4, 0.5) is 0 Å². The number of hydrogen-bond donors (Lipinski definition) is 0. The van der Waals surface area contributed by atoms with E-state index in [2.05, 4.69) is 24.3 Å². The van der Waals surface area contributed by atoms with Crippen LogP contribution in [0.3, 0.4) is 0 Å². The standard InChI is InChI=1S/C17H18O2.ClH/c1-14(18)19-13-12-17(15-8-4-2-5-9-15)16-10-6-3-7-11-16;/h2-11,17H,12-13H2,1H3;1H. The van der Waals surface area contributed by atoms with Gasteiger partial charge < -0.3 is 4.74 Å². The summed E-state index contributed by atoms with van der Waals surface area (Å²) in [6, 6.07) is 20.6. The van der Waals surface area contributed by atoms with E-state index in [0.29, 0.717) is 6.61 Å². The maximum Gasteiger partial charge on any atom is 0.302 e. The van der Waals surface area contributed by atoms with Gasteiger partial charge in [-0.05, 0) is 17.5 Å². The third kappa shape index (κ3) is 4.71. The summed E-state index contributed by atoms with van der Waals surface area (Å²) in [5.74, 6) is 0.0432. The van der Waals surface area contributed by atoms with E-state index in [-0.39, 0.29) is 24.3 Å².